The summed E-state index contributed by atoms with van der Waals surface area (Å²) < 4.78 is 9.98. The lowest BCUT2D eigenvalue weighted by molar-refractivity contribution is 0.326. The molecule has 0 amide bonds. The standard InChI is InChI=1S/C10H12N4O2/c1-2-15-10-5-9(12-7-13-10)11-6-8-3-4-16-14-8/h3-5,7H,2,6H2,1H3,(H,11,12,13). The molecule has 6 nitrogen and oxygen atoms in total. The minimum absolute atomic E-state index is 0.555. The van der Waals surface area contributed by atoms with Crippen molar-refractivity contribution < 1.29 is 9.26 Å². The summed E-state index contributed by atoms with van der Waals surface area (Å²) in [5, 5.41) is 6.87. The topological polar surface area (TPSA) is 73.1 Å². The van der Waals surface area contributed by atoms with E-state index in [0.717, 1.165) is 5.69 Å². The summed E-state index contributed by atoms with van der Waals surface area (Å²) in [5.41, 5.74) is 0.816. The Morgan fingerprint density at radius 3 is 3.12 bits per heavy atom. The van der Waals surface area contributed by atoms with Gasteiger partial charge in [-0.3, -0.25) is 0 Å². The van der Waals surface area contributed by atoms with Crippen LogP contribution in [0.25, 0.3) is 0 Å². The molecule has 0 atom stereocenters. The first-order chi connectivity index (χ1) is 7.88. The van der Waals surface area contributed by atoms with Gasteiger partial charge in [-0.25, -0.2) is 9.97 Å². The van der Waals surface area contributed by atoms with Gasteiger partial charge in [-0.1, -0.05) is 5.16 Å². The Hall–Kier alpha value is -2.11. The zero-order chi connectivity index (χ0) is 11.2. The van der Waals surface area contributed by atoms with E-state index in [1.807, 2.05) is 6.92 Å². The van der Waals surface area contributed by atoms with Crippen molar-refractivity contribution in [2.24, 2.45) is 0 Å². The summed E-state index contributed by atoms with van der Waals surface area (Å²) in [6, 6.07) is 3.53. The van der Waals surface area contributed by atoms with Crippen LogP contribution in [0.1, 0.15) is 12.6 Å². The van der Waals surface area contributed by atoms with Gasteiger partial charge in [-0.2, -0.15) is 0 Å². The molecule has 2 aromatic heterocycles. The van der Waals surface area contributed by atoms with Gasteiger partial charge >= 0.3 is 0 Å². The van der Waals surface area contributed by atoms with Gasteiger partial charge < -0.3 is 14.6 Å². The molecule has 0 unspecified atom stereocenters. The summed E-state index contributed by atoms with van der Waals surface area (Å²) in [7, 11) is 0. The normalized spacial score (nSPS) is 10.1. The van der Waals surface area contributed by atoms with Gasteiger partial charge in [0.05, 0.1) is 13.2 Å². The fourth-order valence-corrected chi connectivity index (χ4v) is 1.17. The number of hydrogen-bond acceptors (Lipinski definition) is 6. The highest BCUT2D eigenvalue weighted by Crippen LogP contribution is 2.11. The Bertz CT molecular complexity index is 430. The second kappa shape index (κ2) is 5.11. The van der Waals surface area contributed by atoms with Crippen molar-refractivity contribution in [1.29, 1.82) is 0 Å². The molecule has 0 fully saturated rings. The molecule has 0 aliphatic carbocycles. The minimum Gasteiger partial charge on any atom is -0.478 e. The third-order valence-corrected chi connectivity index (χ3v) is 1.88. The van der Waals surface area contributed by atoms with Crippen molar-refractivity contribution in [2.45, 2.75) is 13.5 Å². The minimum atomic E-state index is 0.555. The molecule has 84 valence electrons. The van der Waals surface area contributed by atoms with Crippen molar-refractivity contribution in [1.82, 2.24) is 15.1 Å². The highest BCUT2D eigenvalue weighted by molar-refractivity contribution is 5.37. The maximum Gasteiger partial charge on any atom is 0.218 e. The average Bonchev–Trinajstić information content (AvgIpc) is 2.80. The van der Waals surface area contributed by atoms with Crippen molar-refractivity contribution >= 4 is 5.82 Å². The Kier molecular flexibility index (Phi) is 3.32. The zero-order valence-electron chi connectivity index (χ0n) is 8.88. The van der Waals surface area contributed by atoms with Crippen LogP contribution >= 0.6 is 0 Å². The van der Waals surface area contributed by atoms with Gasteiger partial charge in [0, 0.05) is 12.1 Å². The van der Waals surface area contributed by atoms with Crippen LogP contribution < -0.4 is 10.1 Å². The van der Waals surface area contributed by atoms with E-state index in [4.69, 9.17) is 9.26 Å². The number of aromatic nitrogens is 3. The lowest BCUT2D eigenvalue weighted by Gasteiger charge is -2.05. The van der Waals surface area contributed by atoms with Crippen molar-refractivity contribution in [2.75, 3.05) is 11.9 Å². The van der Waals surface area contributed by atoms with E-state index in [0.29, 0.717) is 24.8 Å². The Labute approximate surface area is 92.7 Å². The lowest BCUT2D eigenvalue weighted by Crippen LogP contribution is -2.03. The molecule has 1 N–H and O–H groups in total. The van der Waals surface area contributed by atoms with E-state index in [1.54, 1.807) is 12.1 Å². The predicted octanol–water partition coefficient (Wildman–Crippen LogP) is 1.48. The molecular weight excluding hydrogens is 208 g/mol. The number of nitrogens with one attached hydrogen (secondary N) is 1. The monoisotopic (exact) mass is 220 g/mol. The molecular formula is C10H12N4O2. The molecule has 2 rings (SSSR count). The average molecular weight is 220 g/mol. The van der Waals surface area contributed by atoms with E-state index < -0.39 is 0 Å². The first kappa shape index (κ1) is 10.4. The first-order valence-electron chi connectivity index (χ1n) is 4.96. The maximum atomic E-state index is 5.26. The van der Waals surface area contributed by atoms with Gasteiger partial charge in [0.25, 0.3) is 0 Å². The van der Waals surface area contributed by atoms with Crippen molar-refractivity contribution in [3.63, 3.8) is 0 Å². The van der Waals surface area contributed by atoms with Crippen LogP contribution in [0, 0.1) is 0 Å². The molecule has 0 spiro atoms. The number of hydrogen-bond donors (Lipinski definition) is 1. The molecule has 0 aromatic carbocycles. The van der Waals surface area contributed by atoms with Crippen LogP contribution in [-0.2, 0) is 6.54 Å². The fourth-order valence-electron chi connectivity index (χ4n) is 1.17. The predicted molar refractivity (Wildman–Crippen MR) is 57.0 cm³/mol. The van der Waals surface area contributed by atoms with E-state index in [2.05, 4.69) is 20.4 Å². The lowest BCUT2D eigenvalue weighted by atomic mass is 10.4. The van der Waals surface area contributed by atoms with Crippen LogP contribution in [0.15, 0.2) is 29.2 Å². The molecule has 0 aliphatic heterocycles. The van der Waals surface area contributed by atoms with E-state index >= 15 is 0 Å². The molecule has 2 heterocycles. The number of ether oxygens (including phenoxy) is 1. The molecule has 6 heteroatoms. The molecule has 0 bridgehead atoms. The highest BCUT2D eigenvalue weighted by atomic mass is 16.5. The quantitative estimate of drug-likeness (QED) is 0.822. The highest BCUT2D eigenvalue weighted by Gasteiger charge is 2.00. The number of rotatable bonds is 5. The molecule has 0 radical (unpaired) electrons. The van der Waals surface area contributed by atoms with Crippen LogP contribution in [0.3, 0.4) is 0 Å². The van der Waals surface area contributed by atoms with E-state index in [9.17, 15) is 0 Å². The Morgan fingerprint density at radius 2 is 2.38 bits per heavy atom. The van der Waals surface area contributed by atoms with Crippen LogP contribution in [0.2, 0.25) is 0 Å². The maximum absolute atomic E-state index is 5.26. The van der Waals surface area contributed by atoms with Gasteiger partial charge in [0.2, 0.25) is 5.88 Å². The fraction of sp³-hybridized carbons (Fsp3) is 0.300. The Morgan fingerprint density at radius 1 is 1.44 bits per heavy atom. The van der Waals surface area contributed by atoms with E-state index in [1.165, 1.54) is 12.6 Å². The van der Waals surface area contributed by atoms with Gasteiger partial charge in [0.15, 0.2) is 0 Å². The molecule has 0 saturated carbocycles. The summed E-state index contributed by atoms with van der Waals surface area (Å²) in [6.45, 7) is 3.05. The number of anilines is 1. The van der Waals surface area contributed by atoms with Crippen LogP contribution in [-0.4, -0.2) is 21.7 Å². The van der Waals surface area contributed by atoms with Crippen molar-refractivity contribution in [3.05, 3.63) is 30.4 Å². The van der Waals surface area contributed by atoms with Gasteiger partial charge in [0.1, 0.15) is 24.1 Å². The summed E-state index contributed by atoms with van der Waals surface area (Å²) >= 11 is 0. The third-order valence-electron chi connectivity index (χ3n) is 1.88. The summed E-state index contributed by atoms with van der Waals surface area (Å²) in [6.07, 6.45) is 2.98. The SMILES string of the molecule is CCOc1cc(NCc2ccon2)ncn1. The van der Waals surface area contributed by atoms with Gasteiger partial charge in [-0.15, -0.1) is 0 Å². The third kappa shape index (κ3) is 2.69. The molecule has 0 saturated heterocycles. The zero-order valence-corrected chi connectivity index (χ0v) is 8.88. The molecule has 16 heavy (non-hydrogen) atoms. The molecule has 2 aromatic rings. The number of nitrogens with zero attached hydrogens (tertiary/aromatic N) is 3. The van der Waals surface area contributed by atoms with Crippen molar-refractivity contribution in [3.8, 4) is 5.88 Å². The first-order valence-corrected chi connectivity index (χ1v) is 4.96. The largest absolute Gasteiger partial charge is 0.478 e. The molecule has 0 aliphatic rings. The second-order valence-corrected chi connectivity index (χ2v) is 3.02. The smallest absolute Gasteiger partial charge is 0.218 e. The van der Waals surface area contributed by atoms with Crippen LogP contribution in [0.4, 0.5) is 5.82 Å². The summed E-state index contributed by atoms with van der Waals surface area (Å²) in [5.74, 6) is 1.25. The van der Waals surface area contributed by atoms with Gasteiger partial charge in [-0.05, 0) is 6.92 Å². The summed E-state index contributed by atoms with van der Waals surface area (Å²) in [4.78, 5) is 8.03. The Balaban J connectivity index is 1.96. The van der Waals surface area contributed by atoms with Crippen LogP contribution in [0.5, 0.6) is 5.88 Å². The second-order valence-electron chi connectivity index (χ2n) is 3.02. The van der Waals surface area contributed by atoms with E-state index in [-0.39, 0.29) is 0 Å².